The van der Waals surface area contributed by atoms with E-state index in [4.69, 9.17) is 4.42 Å². The first-order valence-electron chi connectivity index (χ1n) is 25.7. The molecule has 2 heterocycles. The summed E-state index contributed by atoms with van der Waals surface area (Å²) < 4.78 is 6.69. The molecular weight excluding hydrogens is 866 g/mol. The molecule has 14 rings (SSSR count). The number of furan rings is 1. The molecule has 0 N–H and O–H groups in total. The lowest BCUT2D eigenvalue weighted by atomic mass is 9.36. The largest absolute Gasteiger partial charge is 0.457 e. The SMILES string of the molecule is CC1=CC=CC(C2(C3=CCCC=C3)c3ccccc3-c3ccc(B(c4ccc(-c5ccccc5)cc4)c4ccc(-c5ccc(B6c7ccccc7-c7ccc8c(oc9ccccc98)c76)cc5)cc4)cc32)=CC1. The van der Waals surface area contributed by atoms with E-state index in [2.05, 4.69) is 256 Å². The molecule has 1 unspecified atom stereocenters. The van der Waals surface area contributed by atoms with Crippen LogP contribution in [0.3, 0.4) is 0 Å². The summed E-state index contributed by atoms with van der Waals surface area (Å²) in [6, 6.07) is 77.1. The number of benzene rings is 9. The van der Waals surface area contributed by atoms with Gasteiger partial charge in [0, 0.05) is 10.8 Å². The zero-order chi connectivity index (χ0) is 47.8. The van der Waals surface area contributed by atoms with Crippen LogP contribution in [0.4, 0.5) is 0 Å². The summed E-state index contributed by atoms with van der Waals surface area (Å²) in [6.07, 6.45) is 19.8. The summed E-state index contributed by atoms with van der Waals surface area (Å²) in [5.41, 5.74) is 26.0. The molecule has 0 spiro atoms. The minimum Gasteiger partial charge on any atom is -0.457 e. The van der Waals surface area contributed by atoms with Gasteiger partial charge < -0.3 is 4.42 Å². The standard InChI is InChI=1S/C69H50B2O/c1-46-15-14-20-52(34-27-46)69(51-18-6-3-7-19-51)63-24-11-8-21-57(63)58-42-41-56(45-64(58)69)70(53-35-28-48(29-36-53)47-16-4-2-5-17-47)54-37-30-49(31-38-54)50-32-39-55(40-33-50)71-65-25-12-9-22-59(65)61-43-44-62-60-23-10-13-26-66(60)72-68(62)67(61)71/h2,4-6,8-26,28-45H,3,7,27H2,1H3. The van der Waals surface area contributed by atoms with Crippen molar-refractivity contribution in [3.05, 3.63) is 277 Å². The summed E-state index contributed by atoms with van der Waals surface area (Å²) in [6.45, 7) is 2.31. The van der Waals surface area contributed by atoms with E-state index in [0.29, 0.717) is 0 Å². The molecule has 0 saturated carbocycles. The van der Waals surface area contributed by atoms with Gasteiger partial charge in [0.15, 0.2) is 0 Å². The van der Waals surface area contributed by atoms with Crippen LogP contribution in [0.25, 0.3) is 66.4 Å². The topological polar surface area (TPSA) is 13.1 Å². The quantitative estimate of drug-likeness (QED) is 0.138. The van der Waals surface area contributed by atoms with Gasteiger partial charge in [0.2, 0.25) is 13.4 Å². The van der Waals surface area contributed by atoms with E-state index in [0.717, 1.165) is 35.8 Å². The summed E-state index contributed by atoms with van der Waals surface area (Å²) in [4.78, 5) is 0. The molecule has 0 amide bonds. The fourth-order valence-corrected chi connectivity index (χ4v) is 12.8. The van der Waals surface area contributed by atoms with Gasteiger partial charge in [-0.15, -0.1) is 0 Å². The van der Waals surface area contributed by atoms with E-state index in [1.165, 1.54) is 111 Å². The summed E-state index contributed by atoms with van der Waals surface area (Å²) in [5.74, 6) is 0. The minimum atomic E-state index is -0.438. The fourth-order valence-electron chi connectivity index (χ4n) is 12.8. The lowest BCUT2D eigenvalue weighted by Gasteiger charge is -2.37. The molecule has 0 bridgehead atoms. The molecule has 0 fully saturated rings. The molecule has 0 saturated heterocycles. The number of hydrogen-bond donors (Lipinski definition) is 0. The van der Waals surface area contributed by atoms with Gasteiger partial charge in [0.1, 0.15) is 11.2 Å². The monoisotopic (exact) mass is 916 g/mol. The van der Waals surface area contributed by atoms with Gasteiger partial charge in [0.25, 0.3) is 0 Å². The number of rotatable bonds is 8. The third kappa shape index (κ3) is 6.71. The van der Waals surface area contributed by atoms with Crippen LogP contribution in [0, 0.1) is 0 Å². The molecular formula is C69H50B2O. The van der Waals surface area contributed by atoms with Gasteiger partial charge in [-0.1, -0.05) is 270 Å². The normalized spacial score (nSPS) is 16.4. The number of allylic oxidation sites excluding steroid dienone is 10. The molecule has 0 radical (unpaired) electrons. The highest BCUT2D eigenvalue weighted by atomic mass is 16.3. The molecule has 1 aliphatic heterocycles. The van der Waals surface area contributed by atoms with Crippen LogP contribution in [0.5, 0.6) is 0 Å². The summed E-state index contributed by atoms with van der Waals surface area (Å²) in [5, 5.41) is 2.34. The van der Waals surface area contributed by atoms with Crippen molar-refractivity contribution in [1.29, 1.82) is 0 Å². The van der Waals surface area contributed by atoms with Gasteiger partial charge >= 0.3 is 0 Å². The second-order valence-corrected chi connectivity index (χ2v) is 20.2. The van der Waals surface area contributed by atoms with Crippen molar-refractivity contribution in [2.45, 2.75) is 31.6 Å². The van der Waals surface area contributed by atoms with Crippen LogP contribution in [0.1, 0.15) is 37.3 Å². The first kappa shape index (κ1) is 42.5. The second-order valence-electron chi connectivity index (χ2n) is 20.2. The van der Waals surface area contributed by atoms with Crippen molar-refractivity contribution >= 4 is 68.1 Å². The first-order chi connectivity index (χ1) is 35.6. The molecule has 9 aromatic carbocycles. The molecule has 3 aliphatic carbocycles. The van der Waals surface area contributed by atoms with Crippen LogP contribution >= 0.6 is 0 Å². The predicted molar refractivity (Wildman–Crippen MR) is 307 cm³/mol. The van der Waals surface area contributed by atoms with Gasteiger partial charge in [-0.3, -0.25) is 0 Å². The third-order valence-corrected chi connectivity index (χ3v) is 16.2. The maximum atomic E-state index is 6.69. The van der Waals surface area contributed by atoms with Crippen LogP contribution in [0.15, 0.2) is 270 Å². The Morgan fingerprint density at radius 3 is 1.88 bits per heavy atom. The Bertz CT molecular complexity index is 3940. The van der Waals surface area contributed by atoms with Crippen LogP contribution in [-0.4, -0.2) is 13.4 Å². The van der Waals surface area contributed by atoms with Gasteiger partial charge in [-0.25, -0.2) is 0 Å². The molecule has 72 heavy (non-hydrogen) atoms. The van der Waals surface area contributed by atoms with E-state index < -0.39 is 5.41 Å². The maximum absolute atomic E-state index is 6.69. The molecule has 1 aromatic heterocycles. The number of hydrogen-bond acceptors (Lipinski definition) is 1. The Morgan fingerprint density at radius 2 is 1.11 bits per heavy atom. The lowest BCUT2D eigenvalue weighted by Crippen LogP contribution is -2.52. The van der Waals surface area contributed by atoms with Crippen molar-refractivity contribution in [2.75, 3.05) is 0 Å². The van der Waals surface area contributed by atoms with Gasteiger partial charge in [-0.05, 0) is 111 Å². The third-order valence-electron chi connectivity index (χ3n) is 16.2. The fraction of sp³-hybridized carbons (Fsp3) is 0.0725. The smallest absolute Gasteiger partial charge is 0.247 e. The van der Waals surface area contributed by atoms with Crippen molar-refractivity contribution < 1.29 is 4.42 Å². The van der Waals surface area contributed by atoms with Crippen LogP contribution in [0.2, 0.25) is 0 Å². The van der Waals surface area contributed by atoms with Crippen molar-refractivity contribution in [2.24, 2.45) is 0 Å². The zero-order valence-electron chi connectivity index (χ0n) is 40.4. The van der Waals surface area contributed by atoms with Crippen molar-refractivity contribution in [3.8, 4) is 44.5 Å². The average molecular weight is 917 g/mol. The predicted octanol–water partition coefficient (Wildman–Crippen LogP) is 13.3. The zero-order valence-corrected chi connectivity index (χ0v) is 40.4. The molecule has 1 atom stereocenters. The van der Waals surface area contributed by atoms with E-state index in [1.54, 1.807) is 0 Å². The van der Waals surface area contributed by atoms with Crippen LogP contribution in [-0.2, 0) is 5.41 Å². The maximum Gasteiger partial charge on any atom is 0.247 e. The van der Waals surface area contributed by atoms with Crippen molar-refractivity contribution in [1.82, 2.24) is 0 Å². The average Bonchev–Trinajstić information content (AvgIpc) is 4.03. The summed E-state index contributed by atoms with van der Waals surface area (Å²) in [7, 11) is 0. The number of fused-ring (bicyclic) bond motifs is 10. The minimum absolute atomic E-state index is 0.00556. The van der Waals surface area contributed by atoms with E-state index >= 15 is 0 Å². The Balaban J connectivity index is 0.872. The highest BCUT2D eigenvalue weighted by Crippen LogP contribution is 2.57. The Hall–Kier alpha value is -8.39. The Kier molecular flexibility index (Phi) is 10.1. The first-order valence-corrected chi connectivity index (χ1v) is 25.7. The Morgan fingerprint density at radius 1 is 0.486 bits per heavy atom. The van der Waals surface area contributed by atoms with Gasteiger partial charge in [-0.2, -0.15) is 0 Å². The molecule has 1 nitrogen and oxygen atoms in total. The molecule has 4 aliphatic rings. The Labute approximate surface area is 423 Å². The summed E-state index contributed by atoms with van der Waals surface area (Å²) >= 11 is 0. The second kappa shape index (κ2) is 17.2. The van der Waals surface area contributed by atoms with Crippen molar-refractivity contribution in [3.63, 3.8) is 0 Å². The van der Waals surface area contributed by atoms with E-state index in [9.17, 15) is 0 Å². The van der Waals surface area contributed by atoms with Crippen LogP contribution < -0.4 is 32.8 Å². The molecule has 338 valence electrons. The molecule has 10 aromatic rings. The highest BCUT2D eigenvalue weighted by molar-refractivity contribution is 7.00. The van der Waals surface area contributed by atoms with E-state index in [1.807, 2.05) is 0 Å². The van der Waals surface area contributed by atoms with E-state index in [-0.39, 0.29) is 13.4 Å². The highest BCUT2D eigenvalue weighted by Gasteiger charge is 2.48. The van der Waals surface area contributed by atoms with Gasteiger partial charge in [0.05, 0.1) is 5.41 Å². The molecule has 3 heteroatoms. The lowest BCUT2D eigenvalue weighted by molar-refractivity contribution is 0.671. The number of para-hydroxylation sites is 1.